The minimum atomic E-state index is 0.0858. The Morgan fingerprint density at radius 2 is 2.00 bits per heavy atom. The van der Waals surface area contributed by atoms with Crippen molar-refractivity contribution in [2.45, 2.75) is 20.8 Å². The molecule has 0 radical (unpaired) electrons. The third kappa shape index (κ3) is 2.64. The fourth-order valence-electron chi connectivity index (χ4n) is 1.68. The van der Waals surface area contributed by atoms with Crippen LogP contribution in [0.15, 0.2) is 24.3 Å². The van der Waals surface area contributed by atoms with Crippen LogP contribution in [0.25, 0.3) is 17.0 Å². The first-order valence-corrected chi connectivity index (χ1v) is 5.94. The van der Waals surface area contributed by atoms with E-state index in [4.69, 9.17) is 11.6 Å². The van der Waals surface area contributed by atoms with Gasteiger partial charge in [0.2, 0.25) is 0 Å². The second-order valence-electron chi connectivity index (χ2n) is 5.28. The Morgan fingerprint density at radius 1 is 1.29 bits per heavy atom. The van der Waals surface area contributed by atoms with Crippen molar-refractivity contribution in [2.75, 3.05) is 0 Å². The van der Waals surface area contributed by atoms with E-state index < -0.39 is 0 Å². The number of benzene rings is 1. The summed E-state index contributed by atoms with van der Waals surface area (Å²) in [4.78, 5) is 2.92. The lowest BCUT2D eigenvalue weighted by molar-refractivity contribution is 0.457. The average Bonchev–Trinajstić information content (AvgIpc) is 2.48. The summed E-state index contributed by atoms with van der Waals surface area (Å²) in [5.74, 6) is 0.183. The highest BCUT2D eigenvalue weighted by atomic mass is 35.5. The average molecular weight is 250 g/mol. The number of allylic oxidation sites excluding steroid dienone is 1. The molecule has 2 N–H and O–H groups in total. The molecule has 0 amide bonds. The highest BCUT2D eigenvalue weighted by Gasteiger charge is 2.10. The quantitative estimate of drug-likeness (QED) is 0.762. The molecule has 0 aliphatic rings. The molecule has 0 aliphatic heterocycles. The van der Waals surface area contributed by atoms with Gasteiger partial charge in [-0.2, -0.15) is 0 Å². The van der Waals surface area contributed by atoms with Crippen LogP contribution in [0.2, 0.25) is 5.02 Å². The standard InChI is InChI=1S/C14H16ClNO/c1-14(2,3)7-6-11-10-5-4-9(15)8-12(10)16-13(11)17/h4-8,16-17H,1-3H3. The van der Waals surface area contributed by atoms with Crippen molar-refractivity contribution in [2.24, 2.45) is 5.41 Å². The molecule has 3 heteroatoms. The van der Waals surface area contributed by atoms with E-state index in [1.54, 1.807) is 0 Å². The van der Waals surface area contributed by atoms with Crippen LogP contribution in [0.1, 0.15) is 26.3 Å². The van der Waals surface area contributed by atoms with Gasteiger partial charge in [-0.1, -0.05) is 50.6 Å². The van der Waals surface area contributed by atoms with Crippen LogP contribution in [0.5, 0.6) is 5.88 Å². The lowest BCUT2D eigenvalue weighted by Crippen LogP contribution is -1.97. The van der Waals surface area contributed by atoms with Crippen molar-refractivity contribution in [3.05, 3.63) is 34.9 Å². The van der Waals surface area contributed by atoms with Crippen molar-refractivity contribution >= 4 is 28.6 Å². The number of rotatable bonds is 1. The number of aromatic hydroxyl groups is 1. The van der Waals surface area contributed by atoms with Crippen molar-refractivity contribution < 1.29 is 5.11 Å². The number of halogens is 1. The Morgan fingerprint density at radius 3 is 2.65 bits per heavy atom. The molecule has 1 aromatic heterocycles. The number of aromatic nitrogens is 1. The molecular formula is C14H16ClNO. The maximum absolute atomic E-state index is 9.87. The molecule has 2 aromatic rings. The van der Waals surface area contributed by atoms with Crippen molar-refractivity contribution in [3.8, 4) is 5.88 Å². The van der Waals surface area contributed by atoms with E-state index >= 15 is 0 Å². The Kier molecular flexibility index (Phi) is 2.92. The first-order valence-electron chi connectivity index (χ1n) is 5.56. The van der Waals surface area contributed by atoms with Gasteiger partial charge >= 0.3 is 0 Å². The Labute approximate surface area is 106 Å². The van der Waals surface area contributed by atoms with E-state index in [0.717, 1.165) is 16.5 Å². The summed E-state index contributed by atoms with van der Waals surface area (Å²) in [5.41, 5.74) is 1.75. The van der Waals surface area contributed by atoms with E-state index in [1.165, 1.54) is 0 Å². The van der Waals surface area contributed by atoms with Crippen molar-refractivity contribution in [1.82, 2.24) is 4.98 Å². The number of aromatic amines is 1. The Hall–Kier alpha value is -1.41. The van der Waals surface area contributed by atoms with E-state index in [-0.39, 0.29) is 11.3 Å². The van der Waals surface area contributed by atoms with Gasteiger partial charge in [-0.25, -0.2) is 0 Å². The molecule has 0 saturated carbocycles. The largest absolute Gasteiger partial charge is 0.494 e. The second kappa shape index (κ2) is 4.11. The van der Waals surface area contributed by atoms with Gasteiger partial charge in [0, 0.05) is 16.0 Å². The van der Waals surface area contributed by atoms with Crippen LogP contribution in [0, 0.1) is 5.41 Å². The molecule has 0 bridgehead atoms. The Bertz CT molecular complexity index is 576. The lowest BCUT2D eigenvalue weighted by atomic mass is 9.95. The van der Waals surface area contributed by atoms with Crippen LogP contribution < -0.4 is 0 Å². The Balaban J connectivity index is 2.54. The van der Waals surface area contributed by atoms with Crippen LogP contribution in [0.4, 0.5) is 0 Å². The minimum absolute atomic E-state index is 0.0858. The number of hydrogen-bond donors (Lipinski definition) is 2. The molecule has 2 rings (SSSR count). The van der Waals surface area contributed by atoms with Crippen LogP contribution in [-0.4, -0.2) is 10.1 Å². The smallest absolute Gasteiger partial charge is 0.196 e. The zero-order valence-electron chi connectivity index (χ0n) is 10.2. The molecule has 0 unspecified atom stereocenters. The SMILES string of the molecule is CC(C)(C)C=Cc1c(O)[nH]c2cc(Cl)ccc12. The fraction of sp³-hybridized carbons (Fsp3) is 0.286. The summed E-state index contributed by atoms with van der Waals surface area (Å²) in [6.07, 6.45) is 4.02. The van der Waals surface area contributed by atoms with Gasteiger partial charge in [-0.05, 0) is 17.5 Å². The number of fused-ring (bicyclic) bond motifs is 1. The van der Waals surface area contributed by atoms with Crippen LogP contribution in [0.3, 0.4) is 0 Å². The van der Waals surface area contributed by atoms with Gasteiger partial charge < -0.3 is 10.1 Å². The van der Waals surface area contributed by atoms with E-state index in [2.05, 4.69) is 31.8 Å². The molecule has 1 aromatic carbocycles. The van der Waals surface area contributed by atoms with Crippen LogP contribution >= 0.6 is 11.6 Å². The number of nitrogens with one attached hydrogen (secondary N) is 1. The summed E-state index contributed by atoms with van der Waals surface area (Å²) in [5, 5.41) is 11.5. The molecule has 0 aliphatic carbocycles. The molecule has 17 heavy (non-hydrogen) atoms. The number of H-pyrrole nitrogens is 1. The lowest BCUT2D eigenvalue weighted by Gasteiger charge is -2.10. The highest BCUT2D eigenvalue weighted by molar-refractivity contribution is 6.31. The van der Waals surface area contributed by atoms with E-state index in [1.807, 2.05) is 24.3 Å². The highest BCUT2D eigenvalue weighted by Crippen LogP contribution is 2.31. The first kappa shape index (κ1) is 12.1. The molecule has 1 heterocycles. The summed E-state index contributed by atoms with van der Waals surface area (Å²) in [6.45, 7) is 6.35. The predicted molar refractivity (Wildman–Crippen MR) is 73.5 cm³/mol. The van der Waals surface area contributed by atoms with E-state index in [9.17, 15) is 5.11 Å². The van der Waals surface area contributed by atoms with Gasteiger partial charge in [0.1, 0.15) is 0 Å². The van der Waals surface area contributed by atoms with Crippen LogP contribution in [-0.2, 0) is 0 Å². The zero-order chi connectivity index (χ0) is 12.6. The normalized spacial score (nSPS) is 12.7. The minimum Gasteiger partial charge on any atom is -0.494 e. The molecular weight excluding hydrogens is 234 g/mol. The fourth-order valence-corrected chi connectivity index (χ4v) is 1.85. The maximum Gasteiger partial charge on any atom is 0.196 e. The maximum atomic E-state index is 9.87. The first-order chi connectivity index (χ1) is 7.87. The third-order valence-corrected chi connectivity index (χ3v) is 2.77. The third-order valence-electron chi connectivity index (χ3n) is 2.53. The van der Waals surface area contributed by atoms with E-state index in [0.29, 0.717) is 5.02 Å². The van der Waals surface area contributed by atoms with Gasteiger partial charge in [-0.15, -0.1) is 0 Å². The van der Waals surface area contributed by atoms with Crippen molar-refractivity contribution in [3.63, 3.8) is 0 Å². The molecule has 0 spiro atoms. The monoisotopic (exact) mass is 249 g/mol. The summed E-state index contributed by atoms with van der Waals surface area (Å²) in [6, 6.07) is 5.55. The molecule has 0 fully saturated rings. The molecule has 90 valence electrons. The van der Waals surface area contributed by atoms with Gasteiger partial charge in [0.15, 0.2) is 5.88 Å². The topological polar surface area (TPSA) is 36.0 Å². The molecule has 2 nitrogen and oxygen atoms in total. The van der Waals surface area contributed by atoms with Gasteiger partial charge in [-0.3, -0.25) is 0 Å². The summed E-state index contributed by atoms with van der Waals surface area (Å²) < 4.78 is 0. The predicted octanol–water partition coefficient (Wildman–Crippen LogP) is 4.59. The van der Waals surface area contributed by atoms with Crippen molar-refractivity contribution in [1.29, 1.82) is 0 Å². The van der Waals surface area contributed by atoms with Gasteiger partial charge in [0.05, 0.1) is 5.52 Å². The summed E-state index contributed by atoms with van der Waals surface area (Å²) >= 11 is 5.91. The number of hydrogen-bond acceptors (Lipinski definition) is 1. The van der Waals surface area contributed by atoms with Gasteiger partial charge in [0.25, 0.3) is 0 Å². The second-order valence-corrected chi connectivity index (χ2v) is 5.71. The molecule has 0 saturated heterocycles. The zero-order valence-corrected chi connectivity index (χ0v) is 11.0. The molecule has 0 atom stereocenters. The summed E-state index contributed by atoms with van der Waals surface area (Å²) in [7, 11) is 0.